The first kappa shape index (κ1) is 13.9. The van der Waals surface area contributed by atoms with Gasteiger partial charge in [0.1, 0.15) is 12.4 Å². The maximum atomic E-state index is 12.3. The van der Waals surface area contributed by atoms with Gasteiger partial charge in [-0.3, -0.25) is 9.89 Å². The first-order valence-electron chi connectivity index (χ1n) is 6.50. The zero-order valence-corrected chi connectivity index (χ0v) is 13.2. The Morgan fingerprint density at radius 3 is 2.95 bits per heavy atom. The predicted molar refractivity (Wildman–Crippen MR) is 84.3 cm³/mol. The van der Waals surface area contributed by atoms with Crippen LogP contribution in [0.15, 0.2) is 28.2 Å². The Labute approximate surface area is 130 Å². The minimum atomic E-state index is -0.199. The molecule has 108 valence electrons. The number of rotatable bonds is 2. The summed E-state index contributed by atoms with van der Waals surface area (Å²) in [6.07, 6.45) is 1.84. The van der Waals surface area contributed by atoms with Crippen LogP contribution in [0.4, 0.5) is 5.82 Å². The lowest BCUT2D eigenvalue weighted by Gasteiger charge is -2.17. The van der Waals surface area contributed by atoms with Crippen LogP contribution in [0, 0.1) is 13.8 Å². The van der Waals surface area contributed by atoms with Gasteiger partial charge in [-0.2, -0.15) is 5.10 Å². The number of carbonyl (C=O) groups is 1. The summed E-state index contributed by atoms with van der Waals surface area (Å²) in [5.41, 5.74) is 3.33. The molecule has 1 aromatic heterocycles. The van der Waals surface area contributed by atoms with Crippen molar-refractivity contribution in [2.45, 2.75) is 13.8 Å². The number of aromatic amines is 1. The van der Waals surface area contributed by atoms with Crippen LogP contribution in [0.5, 0.6) is 5.75 Å². The van der Waals surface area contributed by atoms with Crippen LogP contribution in [-0.2, 0) is 4.79 Å². The number of nitrogens with one attached hydrogen (secondary N) is 2. The van der Waals surface area contributed by atoms with Gasteiger partial charge in [0, 0.05) is 21.3 Å². The number of halogens is 1. The van der Waals surface area contributed by atoms with Gasteiger partial charge >= 0.3 is 0 Å². The van der Waals surface area contributed by atoms with Crippen molar-refractivity contribution in [3.8, 4) is 5.75 Å². The fourth-order valence-corrected chi connectivity index (χ4v) is 2.45. The molecule has 1 aliphatic heterocycles. The van der Waals surface area contributed by atoms with E-state index in [1.807, 2.05) is 38.1 Å². The largest absolute Gasteiger partial charge is 0.488 e. The molecule has 5 nitrogen and oxygen atoms in total. The topological polar surface area (TPSA) is 67.0 Å². The molecule has 6 heteroatoms. The average molecular weight is 348 g/mol. The number of fused-ring (bicyclic) bond motifs is 1. The molecule has 21 heavy (non-hydrogen) atoms. The molecule has 2 heterocycles. The average Bonchev–Trinajstić information content (AvgIpc) is 2.78. The van der Waals surface area contributed by atoms with Crippen molar-refractivity contribution < 1.29 is 9.53 Å². The van der Waals surface area contributed by atoms with Crippen LogP contribution in [0.1, 0.15) is 16.8 Å². The number of benzene rings is 1. The van der Waals surface area contributed by atoms with Crippen molar-refractivity contribution in [3.05, 3.63) is 45.1 Å². The summed E-state index contributed by atoms with van der Waals surface area (Å²) in [4.78, 5) is 12.3. The van der Waals surface area contributed by atoms with Crippen LogP contribution >= 0.6 is 15.9 Å². The van der Waals surface area contributed by atoms with Crippen molar-refractivity contribution in [2.24, 2.45) is 0 Å². The SMILES string of the molecule is Cc1[nH]nc(NC(=O)C2=Cc3cc(Br)ccc3OC2)c1C. The molecule has 2 N–H and O–H groups in total. The molecule has 0 bridgehead atoms. The second kappa shape index (κ2) is 5.37. The maximum absolute atomic E-state index is 12.3. The molecule has 1 aliphatic rings. The number of aryl methyl sites for hydroxylation is 1. The fourth-order valence-electron chi connectivity index (χ4n) is 2.07. The third-order valence-electron chi connectivity index (χ3n) is 3.46. The molecule has 0 saturated carbocycles. The number of amides is 1. The maximum Gasteiger partial charge on any atom is 0.256 e. The van der Waals surface area contributed by atoms with Crippen molar-refractivity contribution in [1.82, 2.24) is 10.2 Å². The van der Waals surface area contributed by atoms with Crippen LogP contribution < -0.4 is 10.1 Å². The van der Waals surface area contributed by atoms with Gasteiger partial charge in [0.2, 0.25) is 0 Å². The van der Waals surface area contributed by atoms with Crippen LogP contribution in [0.2, 0.25) is 0 Å². The number of H-pyrrole nitrogens is 1. The molecular weight excluding hydrogens is 334 g/mol. The predicted octanol–water partition coefficient (Wildman–Crippen LogP) is 3.20. The van der Waals surface area contributed by atoms with E-state index in [0.29, 0.717) is 11.4 Å². The monoisotopic (exact) mass is 347 g/mol. The van der Waals surface area contributed by atoms with E-state index >= 15 is 0 Å². The number of carbonyl (C=O) groups excluding carboxylic acids is 1. The quantitative estimate of drug-likeness (QED) is 0.876. The third kappa shape index (κ3) is 2.71. The van der Waals surface area contributed by atoms with Crippen molar-refractivity contribution in [2.75, 3.05) is 11.9 Å². The third-order valence-corrected chi connectivity index (χ3v) is 3.95. The molecule has 0 aliphatic carbocycles. The molecule has 2 aromatic rings. The highest BCUT2D eigenvalue weighted by Crippen LogP contribution is 2.29. The van der Waals surface area contributed by atoms with E-state index in [2.05, 4.69) is 31.4 Å². The molecule has 0 saturated heterocycles. The fraction of sp³-hybridized carbons (Fsp3) is 0.200. The Balaban J connectivity index is 1.84. The standard InChI is InChI=1S/C15H14BrN3O2/c1-8-9(2)18-19-14(8)17-15(20)11-5-10-6-12(16)3-4-13(10)21-7-11/h3-6H,7H2,1-2H3,(H2,17,18,19,20). The Kier molecular flexibility index (Phi) is 3.55. The zero-order valence-electron chi connectivity index (χ0n) is 11.7. The van der Waals surface area contributed by atoms with Crippen molar-refractivity contribution in [3.63, 3.8) is 0 Å². The Hall–Kier alpha value is -2.08. The highest BCUT2D eigenvalue weighted by atomic mass is 79.9. The summed E-state index contributed by atoms with van der Waals surface area (Å²) < 4.78 is 6.55. The molecule has 1 amide bonds. The summed E-state index contributed by atoms with van der Waals surface area (Å²) in [6, 6.07) is 5.71. The molecule has 3 rings (SSSR count). The molecule has 0 spiro atoms. The normalized spacial score (nSPS) is 13.2. The van der Waals surface area contributed by atoms with Crippen LogP contribution in [-0.4, -0.2) is 22.7 Å². The van der Waals surface area contributed by atoms with Gasteiger partial charge in [0.25, 0.3) is 5.91 Å². The number of anilines is 1. The number of nitrogens with zero attached hydrogens (tertiary/aromatic N) is 1. The second-order valence-electron chi connectivity index (χ2n) is 4.92. The van der Waals surface area contributed by atoms with Gasteiger partial charge in [-0.25, -0.2) is 0 Å². The number of ether oxygens (including phenoxy) is 1. The summed E-state index contributed by atoms with van der Waals surface area (Å²) in [6.45, 7) is 4.07. The minimum absolute atomic E-state index is 0.199. The molecule has 0 radical (unpaired) electrons. The van der Waals surface area contributed by atoms with E-state index in [9.17, 15) is 4.79 Å². The summed E-state index contributed by atoms with van der Waals surface area (Å²) in [5, 5.41) is 9.73. The molecular formula is C15H14BrN3O2. The van der Waals surface area contributed by atoms with Crippen LogP contribution in [0.3, 0.4) is 0 Å². The Morgan fingerprint density at radius 1 is 1.43 bits per heavy atom. The van der Waals surface area contributed by atoms with Crippen LogP contribution in [0.25, 0.3) is 6.08 Å². The number of hydrogen-bond donors (Lipinski definition) is 2. The van der Waals surface area contributed by atoms with E-state index in [1.54, 1.807) is 0 Å². The summed E-state index contributed by atoms with van der Waals surface area (Å²) in [5.74, 6) is 1.13. The van der Waals surface area contributed by atoms with Crippen molar-refractivity contribution in [1.29, 1.82) is 0 Å². The van der Waals surface area contributed by atoms with Crippen molar-refractivity contribution >= 4 is 33.7 Å². The number of aromatic nitrogens is 2. The second-order valence-corrected chi connectivity index (χ2v) is 5.83. The summed E-state index contributed by atoms with van der Waals surface area (Å²) >= 11 is 3.41. The van der Waals surface area contributed by atoms with Gasteiger partial charge in [-0.1, -0.05) is 15.9 Å². The smallest absolute Gasteiger partial charge is 0.256 e. The lowest BCUT2D eigenvalue weighted by molar-refractivity contribution is -0.113. The minimum Gasteiger partial charge on any atom is -0.488 e. The van der Waals surface area contributed by atoms with E-state index in [-0.39, 0.29) is 12.5 Å². The molecule has 1 aromatic carbocycles. The van der Waals surface area contributed by atoms with Gasteiger partial charge < -0.3 is 10.1 Å². The lowest BCUT2D eigenvalue weighted by Crippen LogP contribution is -2.21. The van der Waals surface area contributed by atoms with Gasteiger partial charge in [-0.15, -0.1) is 0 Å². The van der Waals surface area contributed by atoms with E-state index in [0.717, 1.165) is 27.0 Å². The van der Waals surface area contributed by atoms with Gasteiger partial charge in [0.15, 0.2) is 5.82 Å². The Morgan fingerprint density at radius 2 is 2.24 bits per heavy atom. The summed E-state index contributed by atoms with van der Waals surface area (Å²) in [7, 11) is 0. The van der Waals surface area contributed by atoms with Gasteiger partial charge in [0.05, 0.1) is 5.57 Å². The Bertz CT molecular complexity index is 749. The molecule has 0 atom stereocenters. The zero-order chi connectivity index (χ0) is 15.0. The first-order chi connectivity index (χ1) is 10.0. The van der Waals surface area contributed by atoms with E-state index in [4.69, 9.17) is 4.74 Å². The van der Waals surface area contributed by atoms with E-state index < -0.39 is 0 Å². The lowest BCUT2D eigenvalue weighted by atomic mass is 10.1. The molecule has 0 unspecified atom stereocenters. The highest BCUT2D eigenvalue weighted by molar-refractivity contribution is 9.10. The highest BCUT2D eigenvalue weighted by Gasteiger charge is 2.19. The van der Waals surface area contributed by atoms with E-state index in [1.165, 1.54) is 0 Å². The van der Waals surface area contributed by atoms with Gasteiger partial charge in [-0.05, 0) is 38.1 Å². The molecule has 0 fully saturated rings. The first-order valence-corrected chi connectivity index (χ1v) is 7.30. The number of hydrogen-bond acceptors (Lipinski definition) is 3.